The number of benzene rings is 2. The molecule has 1 aliphatic rings. The minimum absolute atomic E-state index is 0.856. The molecule has 0 fully saturated rings. The van der Waals surface area contributed by atoms with Crippen LogP contribution < -0.4 is 5.84 Å². The van der Waals surface area contributed by atoms with Crippen LogP contribution in [0.2, 0.25) is 0 Å². The largest absolute Gasteiger partial charge is 0.343 e. The summed E-state index contributed by atoms with van der Waals surface area (Å²) in [5, 5.41) is 3.35. The normalized spacial score (nSPS) is 15.0. The van der Waals surface area contributed by atoms with Gasteiger partial charge >= 0.3 is 0 Å². The van der Waals surface area contributed by atoms with E-state index in [-0.39, 0.29) is 0 Å². The molecule has 0 bridgehead atoms. The van der Waals surface area contributed by atoms with Crippen molar-refractivity contribution >= 4 is 10.9 Å². The second-order valence-electron chi connectivity index (χ2n) is 6.40. The average Bonchev–Trinajstić information content (AvgIpc) is 2.89. The molecule has 3 nitrogen and oxygen atoms in total. The van der Waals surface area contributed by atoms with Gasteiger partial charge in [0, 0.05) is 29.7 Å². The Balaban J connectivity index is 1.62. The molecule has 0 radical (unpaired) electrons. The highest BCUT2D eigenvalue weighted by molar-refractivity contribution is 5.85. The first-order valence-corrected chi connectivity index (χ1v) is 8.45. The van der Waals surface area contributed by atoms with E-state index in [1.165, 1.54) is 27.7 Å². The van der Waals surface area contributed by atoms with Gasteiger partial charge in [0.25, 0.3) is 0 Å². The fraction of sp³-hybridized carbons (Fsp3) is 0.300. The highest BCUT2D eigenvalue weighted by atomic mass is 15.4. The second-order valence-corrected chi connectivity index (χ2v) is 6.40. The Hall–Kier alpha value is -2.10. The van der Waals surface area contributed by atoms with Gasteiger partial charge in [0.1, 0.15) is 0 Å². The Morgan fingerprint density at radius 1 is 0.957 bits per heavy atom. The van der Waals surface area contributed by atoms with E-state index < -0.39 is 0 Å². The maximum atomic E-state index is 6.08. The molecular weight excluding hydrogens is 282 g/mol. The van der Waals surface area contributed by atoms with Crippen molar-refractivity contribution in [3.63, 3.8) is 0 Å². The predicted molar refractivity (Wildman–Crippen MR) is 95.0 cm³/mol. The van der Waals surface area contributed by atoms with Gasteiger partial charge in [0.2, 0.25) is 0 Å². The van der Waals surface area contributed by atoms with Crippen LogP contribution in [0.5, 0.6) is 0 Å². The van der Waals surface area contributed by atoms with Crippen LogP contribution >= 0.6 is 0 Å². The molecule has 2 N–H and O–H groups in total. The number of fused-ring (bicyclic) bond motifs is 3. The molecule has 4 rings (SSSR count). The third-order valence-corrected chi connectivity index (χ3v) is 4.89. The number of para-hydroxylation sites is 1. The maximum Gasteiger partial charge on any atom is 0.0535 e. The molecule has 0 unspecified atom stereocenters. The van der Waals surface area contributed by atoms with Crippen LogP contribution in [0.1, 0.15) is 23.2 Å². The van der Waals surface area contributed by atoms with Crippen LogP contribution in [-0.2, 0) is 25.9 Å². The quantitative estimate of drug-likeness (QED) is 0.749. The summed E-state index contributed by atoms with van der Waals surface area (Å²) in [6.45, 7) is 2.86. The lowest BCUT2D eigenvalue weighted by Gasteiger charge is -2.24. The van der Waals surface area contributed by atoms with Gasteiger partial charge < -0.3 is 4.57 Å². The van der Waals surface area contributed by atoms with Gasteiger partial charge in [-0.05, 0) is 36.5 Å². The molecular formula is C20H23N3. The molecule has 118 valence electrons. The lowest BCUT2D eigenvalue weighted by molar-refractivity contribution is 0.255. The van der Waals surface area contributed by atoms with Crippen LogP contribution in [0.25, 0.3) is 10.9 Å². The van der Waals surface area contributed by atoms with Gasteiger partial charge in [-0.2, -0.15) is 0 Å². The number of rotatable bonds is 4. The summed E-state index contributed by atoms with van der Waals surface area (Å²) in [6, 6.07) is 19.5. The Kier molecular flexibility index (Phi) is 3.90. The van der Waals surface area contributed by atoms with Gasteiger partial charge in [-0.25, -0.2) is 5.01 Å². The van der Waals surface area contributed by atoms with Crippen molar-refractivity contribution in [2.24, 2.45) is 5.84 Å². The fourth-order valence-electron chi connectivity index (χ4n) is 3.76. The zero-order valence-electron chi connectivity index (χ0n) is 13.4. The monoisotopic (exact) mass is 305 g/mol. The molecule has 0 atom stereocenters. The standard InChI is InChI=1S/C20H23N3/c21-22-14-12-18-17-10-4-5-11-19(17)23(20(18)15-22)13-6-9-16-7-2-1-3-8-16/h1-5,7-8,10-11H,6,9,12-15,21H2. The van der Waals surface area contributed by atoms with Crippen molar-refractivity contribution in [1.82, 2.24) is 9.58 Å². The van der Waals surface area contributed by atoms with Crippen LogP contribution in [0.3, 0.4) is 0 Å². The zero-order valence-corrected chi connectivity index (χ0v) is 13.4. The summed E-state index contributed by atoms with van der Waals surface area (Å²) >= 11 is 0. The number of hydrogen-bond acceptors (Lipinski definition) is 2. The van der Waals surface area contributed by atoms with E-state index in [4.69, 9.17) is 5.84 Å². The summed E-state index contributed by atoms with van der Waals surface area (Å²) < 4.78 is 2.49. The number of aryl methyl sites for hydroxylation is 2. The van der Waals surface area contributed by atoms with Crippen molar-refractivity contribution in [3.05, 3.63) is 71.4 Å². The van der Waals surface area contributed by atoms with Gasteiger partial charge in [0.15, 0.2) is 0 Å². The van der Waals surface area contributed by atoms with E-state index in [9.17, 15) is 0 Å². The lowest BCUT2D eigenvalue weighted by Crippen LogP contribution is -2.36. The summed E-state index contributed by atoms with van der Waals surface area (Å²) in [5.41, 5.74) is 5.69. The summed E-state index contributed by atoms with van der Waals surface area (Å²) in [4.78, 5) is 0. The highest BCUT2D eigenvalue weighted by Crippen LogP contribution is 2.30. The first kappa shape index (κ1) is 14.5. The van der Waals surface area contributed by atoms with E-state index >= 15 is 0 Å². The highest BCUT2D eigenvalue weighted by Gasteiger charge is 2.22. The van der Waals surface area contributed by atoms with Gasteiger partial charge in [-0.15, -0.1) is 0 Å². The summed E-state index contributed by atoms with van der Waals surface area (Å²) in [7, 11) is 0. The van der Waals surface area contributed by atoms with Crippen molar-refractivity contribution in [3.8, 4) is 0 Å². The lowest BCUT2D eigenvalue weighted by atomic mass is 10.0. The van der Waals surface area contributed by atoms with Crippen molar-refractivity contribution in [2.75, 3.05) is 6.54 Å². The summed E-state index contributed by atoms with van der Waals surface area (Å²) in [6.07, 6.45) is 3.33. The van der Waals surface area contributed by atoms with Crippen molar-refractivity contribution < 1.29 is 0 Å². The molecule has 2 aromatic carbocycles. The Bertz CT molecular complexity index is 804. The van der Waals surface area contributed by atoms with Crippen molar-refractivity contribution in [1.29, 1.82) is 0 Å². The van der Waals surface area contributed by atoms with Gasteiger partial charge in [-0.3, -0.25) is 5.84 Å². The van der Waals surface area contributed by atoms with E-state index in [1.54, 1.807) is 0 Å². The van der Waals surface area contributed by atoms with E-state index in [2.05, 4.69) is 59.2 Å². The zero-order chi connectivity index (χ0) is 15.6. The molecule has 3 heteroatoms. The molecule has 0 saturated carbocycles. The topological polar surface area (TPSA) is 34.2 Å². The smallest absolute Gasteiger partial charge is 0.0535 e. The molecule has 0 amide bonds. The molecule has 23 heavy (non-hydrogen) atoms. The maximum absolute atomic E-state index is 6.08. The number of nitrogens with two attached hydrogens (primary N) is 1. The van der Waals surface area contributed by atoms with Crippen LogP contribution in [-0.4, -0.2) is 16.1 Å². The number of hydrogen-bond donors (Lipinski definition) is 1. The van der Waals surface area contributed by atoms with Gasteiger partial charge in [-0.1, -0.05) is 48.5 Å². The van der Waals surface area contributed by atoms with Crippen LogP contribution in [0.15, 0.2) is 54.6 Å². The van der Waals surface area contributed by atoms with E-state index in [0.717, 1.165) is 38.9 Å². The fourth-order valence-corrected chi connectivity index (χ4v) is 3.76. The van der Waals surface area contributed by atoms with E-state index in [1.807, 2.05) is 5.01 Å². The van der Waals surface area contributed by atoms with Crippen molar-refractivity contribution in [2.45, 2.75) is 32.4 Å². The predicted octanol–water partition coefficient (Wildman–Crippen LogP) is 3.51. The molecule has 1 aliphatic heterocycles. The second kappa shape index (κ2) is 6.19. The third kappa shape index (κ3) is 2.78. The first-order chi connectivity index (χ1) is 11.3. The molecule has 2 heterocycles. The summed E-state index contributed by atoms with van der Waals surface area (Å²) in [5.74, 6) is 6.08. The number of aromatic nitrogens is 1. The van der Waals surface area contributed by atoms with E-state index in [0.29, 0.717) is 0 Å². The van der Waals surface area contributed by atoms with Crippen LogP contribution in [0, 0.1) is 0 Å². The Morgan fingerprint density at radius 3 is 2.61 bits per heavy atom. The Morgan fingerprint density at radius 2 is 1.74 bits per heavy atom. The number of hydrazine groups is 1. The molecule has 3 aromatic rings. The molecule has 0 saturated heterocycles. The molecule has 0 spiro atoms. The van der Waals surface area contributed by atoms with Gasteiger partial charge in [0.05, 0.1) is 6.54 Å². The minimum atomic E-state index is 0.856. The molecule has 0 aliphatic carbocycles. The third-order valence-electron chi connectivity index (χ3n) is 4.89. The SMILES string of the molecule is NN1CCc2c(n(CCCc3ccccc3)c3ccccc23)C1. The average molecular weight is 305 g/mol. The minimum Gasteiger partial charge on any atom is -0.343 e. The first-order valence-electron chi connectivity index (χ1n) is 8.45. The number of nitrogens with zero attached hydrogens (tertiary/aromatic N) is 2. The molecule has 1 aromatic heterocycles. The Labute approximate surface area is 137 Å². The van der Waals surface area contributed by atoms with Crippen LogP contribution in [0.4, 0.5) is 0 Å².